The number of oxazole rings is 1. The van der Waals surface area contributed by atoms with E-state index in [4.69, 9.17) is 9.15 Å². The van der Waals surface area contributed by atoms with E-state index < -0.39 is 6.10 Å². The lowest BCUT2D eigenvalue weighted by Crippen LogP contribution is -2.39. The van der Waals surface area contributed by atoms with Gasteiger partial charge in [-0.3, -0.25) is 9.38 Å². The number of thioether (sulfide) groups is 1. The third kappa shape index (κ3) is 4.18. The molecule has 2 aromatic rings. The van der Waals surface area contributed by atoms with E-state index in [1.165, 1.54) is 0 Å². The molecule has 28 heavy (non-hydrogen) atoms. The summed E-state index contributed by atoms with van der Waals surface area (Å²) >= 11 is 1.63. The largest absolute Gasteiger partial charge is 0.440 e. The van der Waals surface area contributed by atoms with Crippen LogP contribution in [0, 0.1) is 0 Å². The van der Waals surface area contributed by atoms with E-state index >= 15 is 0 Å². The van der Waals surface area contributed by atoms with Crippen LogP contribution < -0.4 is 0 Å². The molecule has 0 spiro atoms. The molecule has 1 N–H and O–H groups in total. The molecule has 0 bridgehead atoms. The average Bonchev–Trinajstić information content (AvgIpc) is 3.38. The van der Waals surface area contributed by atoms with Gasteiger partial charge in [-0.1, -0.05) is 24.8 Å². The molecule has 0 radical (unpaired) electrons. The van der Waals surface area contributed by atoms with Gasteiger partial charge in [-0.15, -0.1) is 0 Å². The monoisotopic (exact) mass is 407 g/mol. The Morgan fingerprint density at radius 3 is 2.96 bits per heavy atom. The molecule has 3 heterocycles. The Morgan fingerprint density at radius 1 is 1.36 bits per heavy atom. The maximum atomic E-state index is 12.4. The van der Waals surface area contributed by atoms with Gasteiger partial charge in [-0.25, -0.2) is 4.98 Å². The zero-order chi connectivity index (χ0) is 19.5. The molecule has 2 aliphatic rings. The first-order chi connectivity index (χ1) is 13.7. The molecule has 1 aromatic carbocycles. The van der Waals surface area contributed by atoms with Crippen molar-refractivity contribution in [2.75, 3.05) is 39.5 Å². The second kappa shape index (κ2) is 8.80. The van der Waals surface area contributed by atoms with E-state index in [2.05, 4.69) is 14.9 Å². The van der Waals surface area contributed by atoms with Crippen molar-refractivity contribution in [1.82, 2.24) is 9.88 Å². The number of aryl methyl sites for hydroxylation is 1. The number of aliphatic imine (C=N–C) groups is 1. The normalized spacial score (nSPS) is 22.5. The number of benzene rings is 1. The highest BCUT2D eigenvalue weighted by Crippen LogP contribution is 2.33. The molecular weight excluding hydrogens is 381 g/mol. The number of morpholine rings is 1. The smallest absolute Gasteiger partial charge is 0.200 e. The first kappa shape index (κ1) is 19.7. The summed E-state index contributed by atoms with van der Waals surface area (Å²) in [5.74, 6) is 0.295. The molecular formula is C20H26FN3O3S. The van der Waals surface area contributed by atoms with Crippen molar-refractivity contribution >= 4 is 28.0 Å². The predicted molar refractivity (Wildman–Crippen MR) is 109 cm³/mol. The molecule has 2 unspecified atom stereocenters. The number of aliphatic hydroxyl groups is 1. The topological polar surface area (TPSA) is 71.1 Å². The Kier molecular flexibility index (Phi) is 6.18. The Balaban J connectivity index is 1.41. The minimum atomic E-state index is -0.605. The van der Waals surface area contributed by atoms with E-state index in [-0.39, 0.29) is 17.8 Å². The van der Waals surface area contributed by atoms with Gasteiger partial charge in [0, 0.05) is 13.1 Å². The number of amidine groups is 1. The lowest BCUT2D eigenvalue weighted by atomic mass is 10.0. The van der Waals surface area contributed by atoms with Crippen LogP contribution in [-0.2, 0) is 11.2 Å². The third-order valence-electron chi connectivity index (χ3n) is 5.30. The maximum absolute atomic E-state index is 12.4. The van der Waals surface area contributed by atoms with Crippen LogP contribution in [0.4, 0.5) is 4.39 Å². The number of hydrogen-bond donors (Lipinski definition) is 1. The summed E-state index contributed by atoms with van der Waals surface area (Å²) in [7, 11) is 0. The molecule has 0 aliphatic carbocycles. The predicted octanol–water partition coefficient (Wildman–Crippen LogP) is 3.00. The molecule has 8 heteroatoms. The van der Waals surface area contributed by atoms with E-state index in [1.54, 1.807) is 11.8 Å². The highest BCUT2D eigenvalue weighted by Gasteiger charge is 2.35. The lowest BCUT2D eigenvalue weighted by Gasteiger charge is -2.29. The molecule has 0 amide bonds. The van der Waals surface area contributed by atoms with Gasteiger partial charge in [-0.05, 0) is 30.5 Å². The Morgan fingerprint density at radius 2 is 2.18 bits per heavy atom. The molecule has 1 fully saturated rings. The van der Waals surface area contributed by atoms with Crippen molar-refractivity contribution < 1.29 is 18.7 Å². The van der Waals surface area contributed by atoms with Crippen LogP contribution in [0.25, 0.3) is 11.1 Å². The fourth-order valence-electron chi connectivity index (χ4n) is 3.56. The van der Waals surface area contributed by atoms with Gasteiger partial charge < -0.3 is 19.2 Å². The standard InChI is InChI=1S/C20H26FN3O3S/c1-13(18(25)17-12-22-20(28-17)24-7-9-26-10-8-24)19-23-15-5-4-14(3-2-6-21)11-16(15)27-19/h4-5,11,13,17-18,25H,2-3,6-10,12H2,1H3/t13-,17?,18?/m0/s1. The Hall–Kier alpha value is -1.64. The molecule has 3 atom stereocenters. The zero-order valence-electron chi connectivity index (χ0n) is 16.0. The van der Waals surface area contributed by atoms with Gasteiger partial charge in [-0.2, -0.15) is 0 Å². The molecule has 6 nitrogen and oxygen atoms in total. The van der Waals surface area contributed by atoms with E-state index in [9.17, 15) is 9.50 Å². The van der Waals surface area contributed by atoms with Gasteiger partial charge in [0.05, 0.1) is 43.7 Å². The van der Waals surface area contributed by atoms with Gasteiger partial charge in [0.2, 0.25) is 5.89 Å². The highest BCUT2D eigenvalue weighted by atomic mass is 32.2. The van der Waals surface area contributed by atoms with Gasteiger partial charge in [0.15, 0.2) is 10.8 Å². The minimum Gasteiger partial charge on any atom is -0.440 e. The summed E-state index contributed by atoms with van der Waals surface area (Å²) < 4.78 is 23.7. The third-order valence-corrected chi connectivity index (χ3v) is 6.62. The van der Waals surface area contributed by atoms with Crippen LogP contribution in [0.1, 0.15) is 30.7 Å². The number of aliphatic hydroxyl groups excluding tert-OH is 1. The maximum Gasteiger partial charge on any atom is 0.200 e. The number of hydrogen-bond acceptors (Lipinski definition) is 7. The molecule has 152 valence electrons. The fraction of sp³-hybridized carbons (Fsp3) is 0.600. The Bertz CT molecular complexity index is 837. The summed E-state index contributed by atoms with van der Waals surface area (Å²) in [4.78, 5) is 11.4. The van der Waals surface area contributed by atoms with Gasteiger partial charge in [0.25, 0.3) is 0 Å². The number of fused-ring (bicyclic) bond motifs is 1. The highest BCUT2D eigenvalue weighted by molar-refractivity contribution is 8.14. The molecule has 2 aliphatic heterocycles. The Labute approximate surface area is 168 Å². The van der Waals surface area contributed by atoms with Crippen molar-refractivity contribution in [1.29, 1.82) is 0 Å². The summed E-state index contributed by atoms with van der Waals surface area (Å²) in [6.07, 6.45) is 0.582. The van der Waals surface area contributed by atoms with Crippen LogP contribution in [0.15, 0.2) is 27.6 Å². The van der Waals surface area contributed by atoms with Crippen LogP contribution in [-0.4, -0.2) is 71.0 Å². The fourth-order valence-corrected chi connectivity index (χ4v) is 4.84. The summed E-state index contributed by atoms with van der Waals surface area (Å²) in [5, 5.41) is 11.9. The van der Waals surface area contributed by atoms with Crippen molar-refractivity contribution in [2.24, 2.45) is 4.99 Å². The number of rotatable bonds is 6. The average molecular weight is 408 g/mol. The quantitative estimate of drug-likeness (QED) is 0.794. The first-order valence-corrected chi connectivity index (χ1v) is 10.7. The number of halogens is 1. The van der Waals surface area contributed by atoms with E-state index in [0.717, 1.165) is 42.6 Å². The second-order valence-corrected chi connectivity index (χ2v) is 8.51. The van der Waals surface area contributed by atoms with Crippen molar-refractivity contribution in [3.8, 4) is 0 Å². The second-order valence-electron chi connectivity index (χ2n) is 7.30. The first-order valence-electron chi connectivity index (χ1n) is 9.83. The zero-order valence-corrected chi connectivity index (χ0v) is 16.8. The van der Waals surface area contributed by atoms with Crippen molar-refractivity contribution in [3.63, 3.8) is 0 Å². The SMILES string of the molecule is C[C@H](c1nc2ccc(CCCF)cc2o1)C(O)C1CN=C(N2CCOCC2)S1. The van der Waals surface area contributed by atoms with E-state index in [0.29, 0.717) is 30.9 Å². The molecule has 1 saturated heterocycles. The van der Waals surface area contributed by atoms with Gasteiger partial charge in [0.1, 0.15) is 5.52 Å². The summed E-state index contributed by atoms with van der Waals surface area (Å²) in [5.41, 5.74) is 2.49. The van der Waals surface area contributed by atoms with Crippen LogP contribution in [0.5, 0.6) is 0 Å². The van der Waals surface area contributed by atoms with E-state index in [1.807, 2.05) is 25.1 Å². The molecule has 1 aromatic heterocycles. The van der Waals surface area contributed by atoms with Crippen LogP contribution in [0.3, 0.4) is 0 Å². The minimum absolute atomic E-state index is 0.0111. The molecule has 4 rings (SSSR count). The van der Waals surface area contributed by atoms with Crippen LogP contribution >= 0.6 is 11.8 Å². The number of aromatic nitrogens is 1. The summed E-state index contributed by atoms with van der Waals surface area (Å²) in [6.45, 7) is 5.35. The summed E-state index contributed by atoms with van der Waals surface area (Å²) in [6, 6.07) is 5.78. The van der Waals surface area contributed by atoms with Gasteiger partial charge >= 0.3 is 0 Å². The van der Waals surface area contributed by atoms with Crippen LogP contribution in [0.2, 0.25) is 0 Å². The van der Waals surface area contributed by atoms with Crippen molar-refractivity contribution in [2.45, 2.75) is 37.0 Å². The number of nitrogens with zero attached hydrogens (tertiary/aromatic N) is 3. The van der Waals surface area contributed by atoms with Crippen molar-refractivity contribution in [3.05, 3.63) is 29.7 Å². The lowest BCUT2D eigenvalue weighted by molar-refractivity contribution is 0.0693. The molecule has 0 saturated carbocycles. The number of alkyl halides is 1. The number of ether oxygens (including phenoxy) is 1.